The van der Waals surface area contributed by atoms with E-state index in [0.29, 0.717) is 31.5 Å². The first-order valence-electron chi connectivity index (χ1n) is 6.46. The van der Waals surface area contributed by atoms with Crippen molar-refractivity contribution in [2.75, 3.05) is 19.8 Å². The minimum absolute atomic E-state index is 0.227. The summed E-state index contributed by atoms with van der Waals surface area (Å²) in [5.74, 6) is -0.651. The molecule has 0 aliphatic carbocycles. The highest BCUT2D eigenvalue weighted by atomic mass is 19.1. The minimum Gasteiger partial charge on any atom is -0.350 e. The smallest absolute Gasteiger partial charge is 0.251 e. The number of rotatable bonds is 4. The molecule has 1 fully saturated rings. The molecule has 3 nitrogen and oxygen atoms in total. The zero-order valence-corrected chi connectivity index (χ0v) is 10.7. The Kier molecular flexibility index (Phi) is 4.47. The molecule has 19 heavy (non-hydrogen) atoms. The third-order valence-electron chi connectivity index (χ3n) is 3.45. The van der Waals surface area contributed by atoms with E-state index in [1.807, 2.05) is 0 Å². The van der Waals surface area contributed by atoms with Gasteiger partial charge >= 0.3 is 0 Å². The Balaban J connectivity index is 2.08. The van der Waals surface area contributed by atoms with Crippen LogP contribution in [0.5, 0.6) is 0 Å². The molecule has 0 saturated carbocycles. The van der Waals surface area contributed by atoms with E-state index in [9.17, 15) is 13.6 Å². The standard InChI is InChI=1S/C14H18F2N2O/c15-9-13(19)18-10-11-2-1-3-12(8-11)14(16)4-6-17-7-5-14/h1-3,8,17H,4-7,9-10H2,(H,18,19). The first-order chi connectivity index (χ1) is 9.14. The SMILES string of the molecule is O=C(CF)NCc1cccc(C2(F)CCNCC2)c1. The highest BCUT2D eigenvalue weighted by molar-refractivity contribution is 5.76. The quantitative estimate of drug-likeness (QED) is 0.874. The molecule has 2 N–H and O–H groups in total. The summed E-state index contributed by atoms with van der Waals surface area (Å²) in [5, 5.41) is 5.58. The summed E-state index contributed by atoms with van der Waals surface area (Å²) in [7, 11) is 0. The summed E-state index contributed by atoms with van der Waals surface area (Å²) < 4.78 is 26.8. The van der Waals surface area contributed by atoms with Gasteiger partial charge in [-0.15, -0.1) is 0 Å². The summed E-state index contributed by atoms with van der Waals surface area (Å²) in [6, 6.07) is 7.09. The molecular formula is C14H18F2N2O. The number of amides is 1. The van der Waals surface area contributed by atoms with Crippen LogP contribution in [0, 0.1) is 0 Å². The van der Waals surface area contributed by atoms with Gasteiger partial charge in [-0.3, -0.25) is 4.79 Å². The summed E-state index contributed by atoms with van der Waals surface area (Å²) in [6.45, 7) is 0.530. The van der Waals surface area contributed by atoms with Crippen LogP contribution in [-0.2, 0) is 17.0 Å². The van der Waals surface area contributed by atoms with Crippen LogP contribution >= 0.6 is 0 Å². The van der Waals surface area contributed by atoms with Crippen molar-refractivity contribution in [2.24, 2.45) is 0 Å². The van der Waals surface area contributed by atoms with Crippen LogP contribution < -0.4 is 10.6 Å². The maximum absolute atomic E-state index is 14.8. The van der Waals surface area contributed by atoms with Crippen LogP contribution in [0.25, 0.3) is 0 Å². The second-order valence-corrected chi connectivity index (χ2v) is 4.83. The molecule has 1 aromatic carbocycles. The monoisotopic (exact) mass is 268 g/mol. The molecule has 1 aromatic rings. The molecule has 0 bridgehead atoms. The van der Waals surface area contributed by atoms with Crippen LogP contribution in [-0.4, -0.2) is 25.7 Å². The molecular weight excluding hydrogens is 250 g/mol. The fourth-order valence-corrected chi connectivity index (χ4v) is 2.32. The van der Waals surface area contributed by atoms with Gasteiger partial charge in [-0.2, -0.15) is 0 Å². The van der Waals surface area contributed by atoms with Crippen molar-refractivity contribution < 1.29 is 13.6 Å². The molecule has 0 atom stereocenters. The predicted octanol–water partition coefficient (Wildman–Crippen LogP) is 1.82. The molecule has 2 rings (SSSR count). The van der Waals surface area contributed by atoms with Gasteiger partial charge in [-0.1, -0.05) is 24.3 Å². The van der Waals surface area contributed by atoms with Crippen LogP contribution in [0.4, 0.5) is 8.78 Å². The lowest BCUT2D eigenvalue weighted by Gasteiger charge is -2.30. The number of hydrogen-bond donors (Lipinski definition) is 2. The Hall–Kier alpha value is -1.49. The van der Waals surface area contributed by atoms with Gasteiger partial charge in [0.2, 0.25) is 0 Å². The lowest BCUT2D eigenvalue weighted by atomic mass is 9.86. The average molecular weight is 268 g/mol. The molecule has 1 saturated heterocycles. The summed E-state index contributed by atoms with van der Waals surface area (Å²) >= 11 is 0. The third-order valence-corrected chi connectivity index (χ3v) is 3.45. The normalized spacial score (nSPS) is 18.0. The fourth-order valence-electron chi connectivity index (χ4n) is 2.32. The van der Waals surface area contributed by atoms with Gasteiger partial charge in [-0.25, -0.2) is 8.78 Å². The third kappa shape index (κ3) is 3.50. The molecule has 1 amide bonds. The number of benzene rings is 1. The lowest BCUT2D eigenvalue weighted by Crippen LogP contribution is -2.36. The van der Waals surface area contributed by atoms with Crippen molar-refractivity contribution >= 4 is 5.91 Å². The average Bonchev–Trinajstić information content (AvgIpc) is 2.46. The Morgan fingerprint density at radius 2 is 2.11 bits per heavy atom. The number of hydrogen-bond acceptors (Lipinski definition) is 2. The molecule has 104 valence electrons. The Bertz CT molecular complexity index is 445. The minimum atomic E-state index is -1.30. The fraction of sp³-hybridized carbons (Fsp3) is 0.500. The highest BCUT2D eigenvalue weighted by Crippen LogP contribution is 2.35. The maximum atomic E-state index is 14.8. The Morgan fingerprint density at radius 3 is 2.79 bits per heavy atom. The molecule has 1 aliphatic rings. The van der Waals surface area contributed by atoms with Crippen molar-refractivity contribution in [2.45, 2.75) is 25.1 Å². The summed E-state index contributed by atoms with van der Waals surface area (Å²) in [5.41, 5.74) is 0.126. The van der Waals surface area contributed by atoms with E-state index in [-0.39, 0.29) is 6.54 Å². The molecule has 0 aromatic heterocycles. The van der Waals surface area contributed by atoms with Gasteiger partial charge in [-0.05, 0) is 37.1 Å². The van der Waals surface area contributed by atoms with Crippen molar-refractivity contribution in [1.29, 1.82) is 0 Å². The van der Waals surface area contributed by atoms with Crippen molar-refractivity contribution in [3.63, 3.8) is 0 Å². The molecule has 0 unspecified atom stereocenters. The predicted molar refractivity (Wildman–Crippen MR) is 69.2 cm³/mol. The number of nitrogens with one attached hydrogen (secondary N) is 2. The molecule has 0 spiro atoms. The first-order valence-corrected chi connectivity index (χ1v) is 6.46. The van der Waals surface area contributed by atoms with E-state index < -0.39 is 18.3 Å². The second-order valence-electron chi connectivity index (χ2n) is 4.83. The van der Waals surface area contributed by atoms with Crippen molar-refractivity contribution in [3.8, 4) is 0 Å². The first kappa shape index (κ1) is 13.9. The number of piperidine rings is 1. The van der Waals surface area contributed by atoms with E-state index in [0.717, 1.165) is 5.56 Å². The van der Waals surface area contributed by atoms with Gasteiger partial charge in [0.25, 0.3) is 5.91 Å². The van der Waals surface area contributed by atoms with Crippen molar-refractivity contribution in [3.05, 3.63) is 35.4 Å². The van der Waals surface area contributed by atoms with E-state index in [4.69, 9.17) is 0 Å². The number of carbonyl (C=O) groups is 1. The summed E-state index contributed by atoms with van der Waals surface area (Å²) in [6.07, 6.45) is 0.903. The maximum Gasteiger partial charge on any atom is 0.251 e. The lowest BCUT2D eigenvalue weighted by molar-refractivity contribution is -0.122. The second kappa shape index (κ2) is 6.10. The largest absolute Gasteiger partial charge is 0.350 e. The van der Waals surface area contributed by atoms with E-state index in [1.165, 1.54) is 0 Å². The van der Waals surface area contributed by atoms with Crippen LogP contribution in [0.1, 0.15) is 24.0 Å². The van der Waals surface area contributed by atoms with Gasteiger partial charge in [0.15, 0.2) is 6.67 Å². The van der Waals surface area contributed by atoms with Crippen LogP contribution in [0.3, 0.4) is 0 Å². The van der Waals surface area contributed by atoms with E-state index in [2.05, 4.69) is 10.6 Å². The van der Waals surface area contributed by atoms with Gasteiger partial charge in [0.1, 0.15) is 5.67 Å². The zero-order chi connectivity index (χ0) is 13.7. The topological polar surface area (TPSA) is 41.1 Å². The number of carbonyl (C=O) groups excluding carboxylic acids is 1. The summed E-state index contributed by atoms with van der Waals surface area (Å²) in [4.78, 5) is 10.9. The highest BCUT2D eigenvalue weighted by Gasteiger charge is 2.33. The Labute approximate surface area is 111 Å². The van der Waals surface area contributed by atoms with E-state index in [1.54, 1.807) is 24.3 Å². The van der Waals surface area contributed by atoms with Gasteiger partial charge < -0.3 is 10.6 Å². The zero-order valence-electron chi connectivity index (χ0n) is 10.7. The molecule has 1 aliphatic heterocycles. The van der Waals surface area contributed by atoms with E-state index >= 15 is 0 Å². The molecule has 1 heterocycles. The van der Waals surface area contributed by atoms with Crippen LogP contribution in [0.15, 0.2) is 24.3 Å². The van der Waals surface area contributed by atoms with Gasteiger partial charge in [0, 0.05) is 6.54 Å². The Morgan fingerprint density at radius 1 is 1.37 bits per heavy atom. The number of alkyl halides is 2. The van der Waals surface area contributed by atoms with Gasteiger partial charge in [0.05, 0.1) is 0 Å². The number of halogens is 2. The van der Waals surface area contributed by atoms with Crippen LogP contribution in [0.2, 0.25) is 0 Å². The van der Waals surface area contributed by atoms with Crippen molar-refractivity contribution in [1.82, 2.24) is 10.6 Å². The molecule has 0 radical (unpaired) electrons. The molecule has 5 heteroatoms.